The molecule has 0 aliphatic carbocycles. The molecule has 1 aromatic heterocycles. The molecule has 4 N–H and O–H groups in total. The summed E-state index contributed by atoms with van der Waals surface area (Å²) in [4.78, 5) is 22.8. The number of fused-ring (bicyclic) bond motifs is 1. The molecule has 2 heterocycles. The fourth-order valence-electron chi connectivity index (χ4n) is 2.16. The Labute approximate surface area is 149 Å². The van der Waals surface area contributed by atoms with Crippen LogP contribution in [0.1, 0.15) is 17.4 Å². The summed E-state index contributed by atoms with van der Waals surface area (Å²) in [5.41, 5.74) is 0. The molecule has 1 atom stereocenters. The molecule has 1 aliphatic heterocycles. The second kappa shape index (κ2) is 9.19. The Balaban J connectivity index is 0.000000399. The zero-order chi connectivity index (χ0) is 18.3. The van der Waals surface area contributed by atoms with Gasteiger partial charge in [-0.25, -0.2) is 4.57 Å². The Kier molecular flexibility index (Phi) is 7.24. The van der Waals surface area contributed by atoms with Crippen LogP contribution in [0.5, 0.6) is 17.2 Å². The molecule has 2 aromatic rings. The van der Waals surface area contributed by atoms with Crippen LogP contribution >= 0.6 is 19.2 Å². The Bertz CT molecular complexity index is 696. The molecule has 25 heavy (non-hydrogen) atoms. The molecule has 3 rings (SSSR count). The monoisotopic (exact) mass is 389 g/mol. The minimum absolute atomic E-state index is 0.0261. The van der Waals surface area contributed by atoms with E-state index in [2.05, 4.69) is 16.8 Å². The number of ether oxygens (including phenoxy) is 3. The maximum atomic E-state index is 8.88. The van der Waals surface area contributed by atoms with Crippen molar-refractivity contribution in [3.05, 3.63) is 40.6 Å². The van der Waals surface area contributed by atoms with Crippen LogP contribution in [0, 0.1) is 0 Å². The number of thiophene rings is 1. The van der Waals surface area contributed by atoms with Crippen molar-refractivity contribution in [3.8, 4) is 17.2 Å². The zero-order valence-electron chi connectivity index (χ0n) is 13.5. The predicted molar refractivity (Wildman–Crippen MR) is 93.1 cm³/mol. The molecule has 0 spiro atoms. The van der Waals surface area contributed by atoms with Gasteiger partial charge in [-0.05, 0) is 37.2 Å². The molecule has 0 saturated heterocycles. The number of benzene rings is 1. The Morgan fingerprint density at radius 2 is 2.04 bits per heavy atom. The van der Waals surface area contributed by atoms with E-state index in [1.165, 1.54) is 4.88 Å². The van der Waals surface area contributed by atoms with Gasteiger partial charge >= 0.3 is 7.82 Å². The summed E-state index contributed by atoms with van der Waals surface area (Å²) in [6, 6.07) is 9.89. The van der Waals surface area contributed by atoms with E-state index < -0.39 is 7.82 Å². The first-order chi connectivity index (χ1) is 11.9. The van der Waals surface area contributed by atoms with E-state index in [1.54, 1.807) is 11.3 Å². The fourth-order valence-corrected chi connectivity index (χ4v) is 2.95. The highest BCUT2D eigenvalue weighted by molar-refractivity contribution is 7.45. The van der Waals surface area contributed by atoms with Crippen LogP contribution < -0.4 is 19.5 Å². The molecule has 0 amide bonds. The first kappa shape index (κ1) is 19.7. The third-order valence-electron chi connectivity index (χ3n) is 3.15. The quantitative estimate of drug-likeness (QED) is 0.556. The van der Waals surface area contributed by atoms with Gasteiger partial charge in [-0.3, -0.25) is 0 Å². The van der Waals surface area contributed by atoms with Crippen LogP contribution in [-0.4, -0.2) is 35.1 Å². The van der Waals surface area contributed by atoms with Crippen molar-refractivity contribution in [2.75, 3.05) is 20.4 Å². The van der Waals surface area contributed by atoms with E-state index in [1.807, 2.05) is 31.3 Å². The van der Waals surface area contributed by atoms with Gasteiger partial charge in [0.2, 0.25) is 12.5 Å². The summed E-state index contributed by atoms with van der Waals surface area (Å²) in [5.74, 6) is 2.20. The topological polar surface area (TPSA) is 117 Å². The zero-order valence-corrected chi connectivity index (χ0v) is 15.2. The van der Waals surface area contributed by atoms with Crippen LogP contribution in [0.2, 0.25) is 0 Å². The van der Waals surface area contributed by atoms with Crippen LogP contribution in [0.15, 0.2) is 35.7 Å². The van der Waals surface area contributed by atoms with Crippen molar-refractivity contribution in [3.63, 3.8) is 0 Å². The van der Waals surface area contributed by atoms with E-state index in [-0.39, 0.29) is 12.9 Å². The van der Waals surface area contributed by atoms with E-state index in [0.29, 0.717) is 5.75 Å². The van der Waals surface area contributed by atoms with Crippen molar-refractivity contribution in [2.24, 2.45) is 0 Å². The molecular weight excluding hydrogens is 369 g/mol. The number of hydrogen-bond acceptors (Lipinski definition) is 6. The first-order valence-electron chi connectivity index (χ1n) is 7.40. The lowest BCUT2D eigenvalue weighted by molar-refractivity contribution is 0.159. The molecule has 0 radical (unpaired) electrons. The lowest BCUT2D eigenvalue weighted by atomic mass is 10.2. The smallest absolute Gasteiger partial charge is 0.466 e. The number of rotatable bonds is 6. The normalized spacial score (nSPS) is 13.8. The van der Waals surface area contributed by atoms with Crippen molar-refractivity contribution in [2.45, 2.75) is 12.5 Å². The summed E-state index contributed by atoms with van der Waals surface area (Å²) < 4.78 is 25.9. The van der Waals surface area contributed by atoms with Crippen LogP contribution in [0.25, 0.3) is 0 Å². The van der Waals surface area contributed by atoms with Crippen LogP contribution in [0.4, 0.5) is 0 Å². The number of phosphoric acid groups is 1. The molecule has 0 bridgehead atoms. The SMILES string of the molecule is CNCC[C@@H](Oc1cccc2c1OCO2)c1cccs1.O=P(O)(O)O. The molecule has 1 aromatic carbocycles. The van der Waals surface area contributed by atoms with Crippen molar-refractivity contribution < 1.29 is 33.5 Å². The maximum Gasteiger partial charge on any atom is 0.466 e. The average molecular weight is 389 g/mol. The third kappa shape index (κ3) is 6.66. The summed E-state index contributed by atoms with van der Waals surface area (Å²) in [6.45, 7) is 1.16. The average Bonchev–Trinajstić information content (AvgIpc) is 3.20. The number of nitrogens with one attached hydrogen (secondary N) is 1. The Hall–Kier alpha value is -1.61. The maximum absolute atomic E-state index is 8.88. The molecular formula is C15H20NO7PS. The Morgan fingerprint density at radius 3 is 2.68 bits per heavy atom. The summed E-state index contributed by atoms with van der Waals surface area (Å²) in [6.07, 6.45) is 0.930. The summed E-state index contributed by atoms with van der Waals surface area (Å²) in [7, 11) is -2.69. The highest BCUT2D eigenvalue weighted by Crippen LogP contribution is 2.42. The summed E-state index contributed by atoms with van der Waals surface area (Å²) >= 11 is 1.71. The van der Waals surface area contributed by atoms with Gasteiger partial charge in [0.05, 0.1) is 0 Å². The third-order valence-corrected chi connectivity index (χ3v) is 4.11. The molecule has 1 aliphatic rings. The van der Waals surface area contributed by atoms with Gasteiger partial charge < -0.3 is 34.2 Å². The Morgan fingerprint density at radius 1 is 1.28 bits per heavy atom. The van der Waals surface area contributed by atoms with E-state index >= 15 is 0 Å². The molecule has 0 unspecified atom stereocenters. The van der Waals surface area contributed by atoms with E-state index in [0.717, 1.165) is 24.5 Å². The standard InChI is InChI=1S/C15H17NO3S.H3O4P/c1-16-8-7-11(14-6-3-9-20-14)19-13-5-2-4-12-15(13)18-10-17-12;1-5(2,3)4/h2-6,9,11,16H,7-8,10H2,1H3;(H3,1,2,3,4)/t11-;/m1./s1. The molecule has 138 valence electrons. The van der Waals surface area contributed by atoms with Gasteiger partial charge in [-0.1, -0.05) is 12.1 Å². The second-order valence-electron chi connectivity index (χ2n) is 5.02. The predicted octanol–water partition coefficient (Wildman–Crippen LogP) is 2.28. The van der Waals surface area contributed by atoms with Gasteiger partial charge in [0, 0.05) is 11.3 Å². The lowest BCUT2D eigenvalue weighted by Gasteiger charge is -2.18. The van der Waals surface area contributed by atoms with Crippen molar-refractivity contribution in [1.82, 2.24) is 5.32 Å². The second-order valence-corrected chi connectivity index (χ2v) is 7.02. The first-order valence-corrected chi connectivity index (χ1v) is 9.84. The number of para-hydroxylation sites is 1. The highest BCUT2D eigenvalue weighted by Gasteiger charge is 2.22. The molecule has 0 saturated carbocycles. The van der Waals surface area contributed by atoms with Crippen molar-refractivity contribution in [1.29, 1.82) is 0 Å². The van der Waals surface area contributed by atoms with Crippen LogP contribution in [-0.2, 0) is 4.57 Å². The molecule has 10 heteroatoms. The summed E-state index contributed by atoms with van der Waals surface area (Å²) in [5, 5.41) is 5.24. The largest absolute Gasteiger partial charge is 0.481 e. The van der Waals surface area contributed by atoms with Gasteiger partial charge in [-0.2, -0.15) is 0 Å². The van der Waals surface area contributed by atoms with Gasteiger partial charge in [0.15, 0.2) is 11.5 Å². The van der Waals surface area contributed by atoms with Gasteiger partial charge in [0.25, 0.3) is 0 Å². The minimum atomic E-state index is -4.64. The number of hydrogen-bond donors (Lipinski definition) is 4. The van der Waals surface area contributed by atoms with Gasteiger partial charge in [-0.15, -0.1) is 11.3 Å². The van der Waals surface area contributed by atoms with Crippen molar-refractivity contribution >= 4 is 19.2 Å². The van der Waals surface area contributed by atoms with E-state index in [4.69, 9.17) is 33.5 Å². The lowest BCUT2D eigenvalue weighted by Crippen LogP contribution is -2.15. The molecule has 0 fully saturated rings. The van der Waals surface area contributed by atoms with E-state index in [9.17, 15) is 0 Å². The van der Waals surface area contributed by atoms with Gasteiger partial charge in [0.1, 0.15) is 6.10 Å². The fraction of sp³-hybridized carbons (Fsp3) is 0.333. The van der Waals surface area contributed by atoms with Crippen LogP contribution in [0.3, 0.4) is 0 Å². The molecule has 8 nitrogen and oxygen atoms in total. The highest BCUT2D eigenvalue weighted by atomic mass is 32.1. The minimum Gasteiger partial charge on any atom is -0.481 e.